The van der Waals surface area contributed by atoms with Gasteiger partial charge in [-0.15, -0.1) is 21.5 Å². The van der Waals surface area contributed by atoms with Crippen molar-refractivity contribution in [2.75, 3.05) is 11.9 Å². The second-order valence-electron chi connectivity index (χ2n) is 3.38. The molecule has 0 atom stereocenters. The Morgan fingerprint density at radius 3 is 2.81 bits per heavy atom. The number of nitrogens with zero attached hydrogens (tertiary/aromatic N) is 3. The van der Waals surface area contributed by atoms with E-state index in [1.807, 2.05) is 13.1 Å². The Bertz CT molecular complexity index is 449. The maximum Gasteiger partial charge on any atom is 0.205 e. The largest absolute Gasteiger partial charge is 0.360 e. The van der Waals surface area contributed by atoms with Crippen molar-refractivity contribution in [3.63, 3.8) is 0 Å². The summed E-state index contributed by atoms with van der Waals surface area (Å²) in [7, 11) is 0. The molecule has 2 heterocycles. The smallest absolute Gasteiger partial charge is 0.205 e. The first-order chi connectivity index (χ1) is 7.78. The average molecular weight is 254 g/mol. The van der Waals surface area contributed by atoms with Gasteiger partial charge in [-0.25, -0.2) is 4.98 Å². The molecule has 16 heavy (non-hydrogen) atoms. The number of nitrogens with one attached hydrogen (secondary N) is 1. The van der Waals surface area contributed by atoms with E-state index in [0.29, 0.717) is 0 Å². The Morgan fingerprint density at radius 1 is 1.31 bits per heavy atom. The molecule has 0 bridgehead atoms. The van der Waals surface area contributed by atoms with Gasteiger partial charge >= 0.3 is 0 Å². The van der Waals surface area contributed by atoms with Crippen LogP contribution in [0, 0.1) is 6.92 Å². The van der Waals surface area contributed by atoms with Crippen molar-refractivity contribution in [2.45, 2.75) is 26.7 Å². The summed E-state index contributed by atoms with van der Waals surface area (Å²) in [5.74, 6) is 0. The predicted octanol–water partition coefficient (Wildman–Crippen LogP) is 2.52. The van der Waals surface area contributed by atoms with E-state index in [9.17, 15) is 0 Å². The average Bonchev–Trinajstić information content (AvgIpc) is 2.88. The van der Waals surface area contributed by atoms with Gasteiger partial charge in [-0.1, -0.05) is 18.3 Å². The SMILES string of the molecule is CCc1cnc(CCNc2nnc(C)s2)s1. The van der Waals surface area contributed by atoms with Gasteiger partial charge < -0.3 is 5.32 Å². The summed E-state index contributed by atoms with van der Waals surface area (Å²) in [6, 6.07) is 0. The summed E-state index contributed by atoms with van der Waals surface area (Å²) >= 11 is 3.37. The molecule has 0 unspecified atom stereocenters. The molecule has 4 nitrogen and oxygen atoms in total. The molecule has 6 heteroatoms. The molecule has 0 aliphatic heterocycles. The van der Waals surface area contributed by atoms with Crippen LogP contribution in [-0.4, -0.2) is 21.7 Å². The van der Waals surface area contributed by atoms with Crippen molar-refractivity contribution < 1.29 is 0 Å². The van der Waals surface area contributed by atoms with Gasteiger partial charge in [-0.2, -0.15) is 0 Å². The summed E-state index contributed by atoms with van der Waals surface area (Å²) in [5.41, 5.74) is 0. The molecule has 86 valence electrons. The molecule has 2 rings (SSSR count). The first kappa shape index (κ1) is 11.5. The highest BCUT2D eigenvalue weighted by Gasteiger charge is 2.02. The minimum atomic E-state index is 0.866. The fourth-order valence-electron chi connectivity index (χ4n) is 1.27. The quantitative estimate of drug-likeness (QED) is 0.890. The molecule has 2 aromatic heterocycles. The number of thiazole rings is 1. The highest BCUT2D eigenvalue weighted by atomic mass is 32.1. The first-order valence-electron chi connectivity index (χ1n) is 5.25. The zero-order valence-electron chi connectivity index (χ0n) is 9.36. The summed E-state index contributed by atoms with van der Waals surface area (Å²) in [6.45, 7) is 4.97. The molecular weight excluding hydrogens is 240 g/mol. The molecule has 2 aromatic rings. The van der Waals surface area contributed by atoms with E-state index in [2.05, 4.69) is 27.4 Å². The van der Waals surface area contributed by atoms with E-state index >= 15 is 0 Å². The Kier molecular flexibility index (Phi) is 3.84. The Balaban J connectivity index is 1.79. The van der Waals surface area contributed by atoms with Crippen molar-refractivity contribution in [3.8, 4) is 0 Å². The van der Waals surface area contributed by atoms with E-state index in [1.165, 1.54) is 9.88 Å². The number of rotatable bonds is 5. The molecule has 0 aromatic carbocycles. The van der Waals surface area contributed by atoms with Crippen LogP contribution >= 0.6 is 22.7 Å². The molecular formula is C10H14N4S2. The molecule has 1 N–H and O–H groups in total. The van der Waals surface area contributed by atoms with Crippen LogP contribution in [0.3, 0.4) is 0 Å². The van der Waals surface area contributed by atoms with Crippen LogP contribution in [0.15, 0.2) is 6.20 Å². The maximum atomic E-state index is 4.37. The van der Waals surface area contributed by atoms with Crippen molar-refractivity contribution >= 4 is 27.8 Å². The molecule has 0 aliphatic rings. The van der Waals surface area contributed by atoms with E-state index < -0.39 is 0 Å². The molecule has 0 spiro atoms. The Hall–Kier alpha value is -1.01. The molecule has 0 fully saturated rings. The van der Waals surface area contributed by atoms with Gasteiger partial charge in [0.15, 0.2) is 0 Å². The van der Waals surface area contributed by atoms with Gasteiger partial charge in [0.2, 0.25) is 5.13 Å². The number of aryl methyl sites for hydroxylation is 2. The van der Waals surface area contributed by atoms with Gasteiger partial charge in [0.05, 0.1) is 5.01 Å². The highest BCUT2D eigenvalue weighted by Crippen LogP contribution is 2.16. The summed E-state index contributed by atoms with van der Waals surface area (Å²) in [6.07, 6.45) is 3.99. The minimum Gasteiger partial charge on any atom is -0.360 e. The van der Waals surface area contributed by atoms with Crippen molar-refractivity contribution in [2.24, 2.45) is 0 Å². The van der Waals surface area contributed by atoms with Crippen LogP contribution in [0.4, 0.5) is 5.13 Å². The van der Waals surface area contributed by atoms with Crippen molar-refractivity contribution in [1.29, 1.82) is 0 Å². The standard InChI is InChI=1S/C10H14N4S2/c1-3-8-6-12-9(16-8)4-5-11-10-14-13-7(2)15-10/h6H,3-5H2,1-2H3,(H,11,14). The monoisotopic (exact) mass is 254 g/mol. The molecule has 0 amide bonds. The zero-order valence-corrected chi connectivity index (χ0v) is 11.0. The first-order valence-corrected chi connectivity index (χ1v) is 6.88. The van der Waals surface area contributed by atoms with Crippen LogP contribution in [0.1, 0.15) is 21.8 Å². The van der Waals surface area contributed by atoms with Gasteiger partial charge in [0.25, 0.3) is 0 Å². The lowest BCUT2D eigenvalue weighted by atomic mass is 10.4. The van der Waals surface area contributed by atoms with Crippen LogP contribution < -0.4 is 5.32 Å². The van der Waals surface area contributed by atoms with Gasteiger partial charge in [0.1, 0.15) is 5.01 Å². The molecule has 0 saturated heterocycles. The Labute approximate surface area is 103 Å². The second-order valence-corrected chi connectivity index (χ2v) is 5.76. The van der Waals surface area contributed by atoms with E-state index in [-0.39, 0.29) is 0 Å². The third kappa shape index (κ3) is 2.99. The van der Waals surface area contributed by atoms with Crippen molar-refractivity contribution in [1.82, 2.24) is 15.2 Å². The third-order valence-corrected chi connectivity index (χ3v) is 4.09. The normalized spacial score (nSPS) is 10.6. The summed E-state index contributed by atoms with van der Waals surface area (Å²) in [5, 5.41) is 14.3. The fourth-order valence-corrected chi connectivity index (χ4v) is 2.75. The van der Waals surface area contributed by atoms with Crippen LogP contribution in [0.2, 0.25) is 0 Å². The van der Waals surface area contributed by atoms with E-state index in [0.717, 1.165) is 29.5 Å². The second kappa shape index (κ2) is 5.36. The Morgan fingerprint density at radius 2 is 2.19 bits per heavy atom. The number of aromatic nitrogens is 3. The predicted molar refractivity (Wildman–Crippen MR) is 68.3 cm³/mol. The minimum absolute atomic E-state index is 0.866. The van der Waals surface area contributed by atoms with Crippen LogP contribution in [0.5, 0.6) is 0 Å². The lowest BCUT2D eigenvalue weighted by Crippen LogP contribution is -2.04. The van der Waals surface area contributed by atoms with E-state index in [1.54, 1.807) is 22.7 Å². The van der Waals surface area contributed by atoms with Crippen LogP contribution in [-0.2, 0) is 12.8 Å². The molecule has 0 aliphatic carbocycles. The maximum absolute atomic E-state index is 4.37. The number of hydrogen-bond donors (Lipinski definition) is 1. The lowest BCUT2D eigenvalue weighted by Gasteiger charge is -1.98. The summed E-state index contributed by atoms with van der Waals surface area (Å²) < 4.78 is 0. The van der Waals surface area contributed by atoms with Gasteiger partial charge in [-0.3, -0.25) is 0 Å². The van der Waals surface area contributed by atoms with E-state index in [4.69, 9.17) is 0 Å². The molecule has 0 saturated carbocycles. The number of anilines is 1. The third-order valence-electron chi connectivity index (χ3n) is 2.09. The fraction of sp³-hybridized carbons (Fsp3) is 0.500. The van der Waals surface area contributed by atoms with Crippen molar-refractivity contribution in [3.05, 3.63) is 21.1 Å². The summed E-state index contributed by atoms with van der Waals surface area (Å²) in [4.78, 5) is 5.72. The zero-order chi connectivity index (χ0) is 11.4. The molecule has 0 radical (unpaired) electrons. The highest BCUT2D eigenvalue weighted by molar-refractivity contribution is 7.15. The van der Waals surface area contributed by atoms with Crippen LogP contribution in [0.25, 0.3) is 0 Å². The van der Waals surface area contributed by atoms with Gasteiger partial charge in [-0.05, 0) is 13.3 Å². The van der Waals surface area contributed by atoms with Gasteiger partial charge in [0, 0.05) is 24.0 Å². The lowest BCUT2D eigenvalue weighted by molar-refractivity contribution is 0.973. The number of hydrogen-bond acceptors (Lipinski definition) is 6. The topological polar surface area (TPSA) is 50.7 Å².